The minimum absolute atomic E-state index is 0.176. The number of hydrogen-bond acceptors (Lipinski definition) is 5. The van der Waals surface area contributed by atoms with Gasteiger partial charge < -0.3 is 5.73 Å². The molecule has 0 saturated heterocycles. The second-order valence-electron chi connectivity index (χ2n) is 4.62. The zero-order chi connectivity index (χ0) is 14.9. The van der Waals surface area contributed by atoms with E-state index in [0.717, 1.165) is 22.5 Å². The molecular formula is C13H17N3O2S2. The van der Waals surface area contributed by atoms with E-state index in [9.17, 15) is 8.42 Å². The maximum atomic E-state index is 12.4. The van der Waals surface area contributed by atoms with Crippen LogP contribution >= 0.6 is 11.3 Å². The smallest absolute Gasteiger partial charge is 0.252 e. The van der Waals surface area contributed by atoms with Crippen LogP contribution in [0.25, 0.3) is 0 Å². The lowest BCUT2D eigenvalue weighted by Crippen LogP contribution is -2.27. The molecule has 0 bridgehead atoms. The Kier molecular flexibility index (Phi) is 4.12. The molecule has 1 atom stereocenters. The summed E-state index contributed by atoms with van der Waals surface area (Å²) in [5, 5.41) is 0.256. The highest BCUT2D eigenvalue weighted by Gasteiger charge is 2.24. The average Bonchev–Trinajstić information content (AvgIpc) is 2.69. The van der Waals surface area contributed by atoms with Crippen LogP contribution in [0.1, 0.15) is 29.8 Å². The third-order valence-electron chi connectivity index (χ3n) is 3.00. The number of anilines is 1. The monoisotopic (exact) mass is 311 g/mol. The van der Waals surface area contributed by atoms with Gasteiger partial charge in [-0.1, -0.05) is 35.6 Å². The van der Waals surface area contributed by atoms with Gasteiger partial charge in [0.05, 0.1) is 5.69 Å². The first-order valence-corrected chi connectivity index (χ1v) is 8.42. The number of thiazole rings is 1. The first-order valence-electron chi connectivity index (χ1n) is 6.12. The zero-order valence-electron chi connectivity index (χ0n) is 11.5. The van der Waals surface area contributed by atoms with E-state index in [2.05, 4.69) is 9.71 Å². The van der Waals surface area contributed by atoms with Gasteiger partial charge in [0.15, 0.2) is 9.34 Å². The molecule has 0 aliphatic rings. The minimum atomic E-state index is -3.61. The van der Waals surface area contributed by atoms with Gasteiger partial charge in [0.25, 0.3) is 10.0 Å². The van der Waals surface area contributed by atoms with E-state index in [0.29, 0.717) is 5.69 Å². The molecular weight excluding hydrogens is 294 g/mol. The van der Waals surface area contributed by atoms with Crippen LogP contribution in [0.5, 0.6) is 0 Å². The van der Waals surface area contributed by atoms with Crippen LogP contribution in [-0.4, -0.2) is 13.4 Å². The maximum Gasteiger partial charge on any atom is 0.252 e. The summed E-state index contributed by atoms with van der Waals surface area (Å²) in [5.74, 6) is 0. The van der Waals surface area contributed by atoms with E-state index in [1.807, 2.05) is 38.1 Å². The topological polar surface area (TPSA) is 85.1 Å². The molecule has 1 heterocycles. The van der Waals surface area contributed by atoms with Gasteiger partial charge in [-0.2, -0.15) is 0 Å². The van der Waals surface area contributed by atoms with Crippen molar-refractivity contribution in [1.29, 1.82) is 0 Å². The van der Waals surface area contributed by atoms with E-state index in [1.165, 1.54) is 0 Å². The molecule has 0 radical (unpaired) electrons. The molecule has 0 aliphatic carbocycles. The van der Waals surface area contributed by atoms with Crippen molar-refractivity contribution >= 4 is 26.5 Å². The lowest BCUT2D eigenvalue weighted by molar-refractivity contribution is 0.568. The summed E-state index contributed by atoms with van der Waals surface area (Å²) >= 11 is 0.979. The van der Waals surface area contributed by atoms with E-state index in [1.54, 1.807) is 6.92 Å². The molecule has 0 fully saturated rings. The number of aryl methyl sites for hydroxylation is 2. The number of rotatable bonds is 4. The quantitative estimate of drug-likeness (QED) is 0.908. The second kappa shape index (κ2) is 5.51. The van der Waals surface area contributed by atoms with Gasteiger partial charge >= 0.3 is 0 Å². The van der Waals surface area contributed by atoms with Gasteiger partial charge in [0, 0.05) is 6.04 Å². The van der Waals surface area contributed by atoms with Crippen molar-refractivity contribution < 1.29 is 8.42 Å². The fourth-order valence-electron chi connectivity index (χ4n) is 2.07. The second-order valence-corrected chi connectivity index (χ2v) is 7.56. The summed E-state index contributed by atoms with van der Waals surface area (Å²) in [5.41, 5.74) is 7.98. The van der Waals surface area contributed by atoms with Crippen LogP contribution in [0.15, 0.2) is 28.5 Å². The van der Waals surface area contributed by atoms with E-state index in [4.69, 9.17) is 5.73 Å². The van der Waals surface area contributed by atoms with Crippen molar-refractivity contribution in [2.75, 3.05) is 5.73 Å². The number of benzene rings is 1. The highest BCUT2D eigenvalue weighted by molar-refractivity contribution is 7.91. The first kappa shape index (κ1) is 15.0. The van der Waals surface area contributed by atoms with Gasteiger partial charge in [-0.15, -0.1) is 0 Å². The Morgan fingerprint density at radius 3 is 2.50 bits per heavy atom. The van der Waals surface area contributed by atoms with Crippen LogP contribution < -0.4 is 10.5 Å². The Balaban J connectivity index is 2.29. The Labute approximate surface area is 122 Å². The number of nitrogen functional groups attached to an aromatic ring is 1. The lowest BCUT2D eigenvalue weighted by Gasteiger charge is -2.16. The fourth-order valence-corrected chi connectivity index (χ4v) is 4.61. The SMILES string of the molecule is Cc1ccccc1C(C)NS(=O)(=O)c1sc(N)nc1C. The van der Waals surface area contributed by atoms with Gasteiger partial charge in [0.1, 0.15) is 0 Å². The number of nitrogens with zero attached hydrogens (tertiary/aromatic N) is 1. The molecule has 0 saturated carbocycles. The molecule has 108 valence electrons. The summed E-state index contributed by atoms with van der Waals surface area (Å²) in [6, 6.07) is 7.37. The normalized spacial score (nSPS) is 13.3. The van der Waals surface area contributed by atoms with Crippen LogP contribution in [-0.2, 0) is 10.0 Å². The predicted molar refractivity (Wildman–Crippen MR) is 81.2 cm³/mol. The molecule has 7 heteroatoms. The van der Waals surface area contributed by atoms with E-state index >= 15 is 0 Å². The Bertz CT molecular complexity index is 723. The molecule has 3 N–H and O–H groups in total. The van der Waals surface area contributed by atoms with Gasteiger partial charge in [-0.3, -0.25) is 0 Å². The number of nitrogens with one attached hydrogen (secondary N) is 1. The first-order chi connectivity index (χ1) is 9.31. The Morgan fingerprint density at radius 1 is 1.30 bits per heavy atom. The van der Waals surface area contributed by atoms with E-state index in [-0.39, 0.29) is 15.4 Å². The number of aromatic nitrogens is 1. The zero-order valence-corrected chi connectivity index (χ0v) is 13.2. The summed E-state index contributed by atoms with van der Waals surface area (Å²) in [6.07, 6.45) is 0. The summed E-state index contributed by atoms with van der Waals surface area (Å²) in [4.78, 5) is 3.95. The van der Waals surface area contributed by atoms with Crippen molar-refractivity contribution in [3.05, 3.63) is 41.1 Å². The van der Waals surface area contributed by atoms with Gasteiger partial charge in [-0.05, 0) is 31.9 Å². The highest BCUT2D eigenvalue weighted by Crippen LogP contribution is 2.27. The summed E-state index contributed by atoms with van der Waals surface area (Å²) in [6.45, 7) is 5.41. The van der Waals surface area contributed by atoms with Crippen LogP contribution in [0.4, 0.5) is 5.13 Å². The van der Waals surface area contributed by atoms with Gasteiger partial charge in [0.2, 0.25) is 0 Å². The van der Waals surface area contributed by atoms with Crippen molar-refractivity contribution in [2.45, 2.75) is 31.0 Å². The molecule has 5 nitrogen and oxygen atoms in total. The average molecular weight is 311 g/mol. The molecule has 0 spiro atoms. The molecule has 0 amide bonds. The predicted octanol–water partition coefficient (Wildman–Crippen LogP) is 2.38. The fraction of sp³-hybridized carbons (Fsp3) is 0.308. The summed E-state index contributed by atoms with van der Waals surface area (Å²) in [7, 11) is -3.61. The molecule has 1 unspecified atom stereocenters. The molecule has 1 aromatic carbocycles. The highest BCUT2D eigenvalue weighted by atomic mass is 32.2. The third-order valence-corrected chi connectivity index (χ3v) is 6.14. The Hall–Kier alpha value is -1.44. The molecule has 1 aromatic heterocycles. The van der Waals surface area contributed by atoms with Crippen molar-refractivity contribution in [3.63, 3.8) is 0 Å². The Morgan fingerprint density at radius 2 is 1.95 bits per heavy atom. The summed E-state index contributed by atoms with van der Waals surface area (Å²) < 4.78 is 27.6. The van der Waals surface area contributed by atoms with Crippen LogP contribution in [0.3, 0.4) is 0 Å². The molecule has 20 heavy (non-hydrogen) atoms. The molecule has 2 rings (SSSR count). The van der Waals surface area contributed by atoms with Crippen molar-refractivity contribution in [1.82, 2.24) is 9.71 Å². The number of hydrogen-bond donors (Lipinski definition) is 2. The number of sulfonamides is 1. The van der Waals surface area contributed by atoms with Crippen LogP contribution in [0, 0.1) is 13.8 Å². The maximum absolute atomic E-state index is 12.4. The largest absolute Gasteiger partial charge is 0.375 e. The standard InChI is InChI=1S/C13H17N3O2S2/c1-8-6-4-5-7-11(8)9(2)16-20(17,18)12-10(3)15-13(14)19-12/h4-7,9,16H,1-3H3,(H2,14,15). The third kappa shape index (κ3) is 3.00. The van der Waals surface area contributed by atoms with Crippen molar-refractivity contribution in [3.8, 4) is 0 Å². The minimum Gasteiger partial charge on any atom is -0.375 e. The molecule has 0 aliphatic heterocycles. The van der Waals surface area contributed by atoms with Crippen molar-refractivity contribution in [2.24, 2.45) is 0 Å². The molecule has 2 aromatic rings. The van der Waals surface area contributed by atoms with Gasteiger partial charge in [-0.25, -0.2) is 18.1 Å². The van der Waals surface area contributed by atoms with E-state index < -0.39 is 10.0 Å². The lowest BCUT2D eigenvalue weighted by atomic mass is 10.0. The van der Waals surface area contributed by atoms with Crippen LogP contribution in [0.2, 0.25) is 0 Å². The number of nitrogens with two attached hydrogens (primary N) is 1.